The van der Waals surface area contributed by atoms with E-state index in [1.54, 1.807) is 26.2 Å². The zero-order chi connectivity index (χ0) is 20.1. The lowest BCUT2D eigenvalue weighted by molar-refractivity contribution is 0.579. The number of hydrogen-bond acceptors (Lipinski definition) is 0. The van der Waals surface area contributed by atoms with Gasteiger partial charge in [-0.15, -0.1) is 0 Å². The lowest BCUT2D eigenvalue weighted by Crippen LogP contribution is -2.13. The van der Waals surface area contributed by atoms with Gasteiger partial charge in [-0.2, -0.15) is 0 Å². The van der Waals surface area contributed by atoms with Crippen LogP contribution in [0.3, 0.4) is 0 Å². The van der Waals surface area contributed by atoms with Crippen LogP contribution in [0.15, 0.2) is 54.6 Å². The van der Waals surface area contributed by atoms with Crippen molar-refractivity contribution < 1.29 is 8.78 Å². The molecule has 3 heteroatoms. The summed E-state index contributed by atoms with van der Waals surface area (Å²) in [6, 6.07) is 16.0. The minimum atomic E-state index is -0.656. The second-order valence-electron chi connectivity index (χ2n) is 6.52. The maximum Gasteiger partial charge on any atom is 0.148 e. The standard InChI is InChI=1S/C25H18BF2/c1-17-4-5-21(14-18(17)2)11-10-19-6-8-20(9-7-19)12-13-23-24(27)15-22(26-3)16-25(23)28/h4-9,14-16H,1-3H3. The molecule has 135 valence electrons. The van der Waals surface area contributed by atoms with Crippen LogP contribution in [0.25, 0.3) is 0 Å². The van der Waals surface area contributed by atoms with Crippen molar-refractivity contribution in [1.29, 1.82) is 0 Å². The first-order chi connectivity index (χ1) is 13.5. The van der Waals surface area contributed by atoms with E-state index >= 15 is 0 Å². The third-order valence-corrected chi connectivity index (χ3v) is 4.47. The highest BCUT2D eigenvalue weighted by molar-refractivity contribution is 6.51. The molecule has 0 bridgehead atoms. The highest BCUT2D eigenvalue weighted by Gasteiger charge is 2.08. The van der Waals surface area contributed by atoms with Gasteiger partial charge >= 0.3 is 0 Å². The van der Waals surface area contributed by atoms with Crippen LogP contribution in [-0.4, -0.2) is 7.28 Å². The lowest BCUT2D eigenvalue weighted by Gasteiger charge is -2.01. The Morgan fingerprint density at radius 3 is 1.68 bits per heavy atom. The molecule has 3 aromatic carbocycles. The summed E-state index contributed by atoms with van der Waals surface area (Å²) in [6.45, 7) is 5.86. The first-order valence-electron chi connectivity index (χ1n) is 8.96. The van der Waals surface area contributed by atoms with Crippen molar-refractivity contribution in [2.24, 2.45) is 0 Å². The molecular weight excluding hydrogens is 349 g/mol. The van der Waals surface area contributed by atoms with Crippen LogP contribution in [0.5, 0.6) is 0 Å². The summed E-state index contributed by atoms with van der Waals surface area (Å²) < 4.78 is 28.0. The van der Waals surface area contributed by atoms with Gasteiger partial charge in [0.1, 0.15) is 18.9 Å². The van der Waals surface area contributed by atoms with E-state index in [4.69, 9.17) is 0 Å². The zero-order valence-electron chi connectivity index (χ0n) is 16.0. The predicted molar refractivity (Wildman–Crippen MR) is 112 cm³/mol. The Hall–Kier alpha value is -3.30. The summed E-state index contributed by atoms with van der Waals surface area (Å²) in [5.74, 6) is 10.3. The van der Waals surface area contributed by atoms with Crippen molar-refractivity contribution in [3.63, 3.8) is 0 Å². The van der Waals surface area contributed by atoms with Crippen LogP contribution >= 0.6 is 0 Å². The number of benzene rings is 3. The average molecular weight is 367 g/mol. The highest BCUT2D eigenvalue weighted by Crippen LogP contribution is 2.11. The average Bonchev–Trinajstić information content (AvgIpc) is 2.69. The normalized spacial score (nSPS) is 9.75. The van der Waals surface area contributed by atoms with Gasteiger partial charge in [-0.05, 0) is 73.5 Å². The highest BCUT2D eigenvalue weighted by atomic mass is 19.1. The van der Waals surface area contributed by atoms with Gasteiger partial charge in [0.05, 0.1) is 5.56 Å². The Balaban J connectivity index is 1.79. The zero-order valence-corrected chi connectivity index (χ0v) is 16.0. The summed E-state index contributed by atoms with van der Waals surface area (Å²) in [4.78, 5) is 0. The Morgan fingerprint density at radius 1 is 0.643 bits per heavy atom. The predicted octanol–water partition coefficient (Wildman–Crippen LogP) is 4.76. The molecule has 28 heavy (non-hydrogen) atoms. The van der Waals surface area contributed by atoms with Gasteiger partial charge in [0.2, 0.25) is 0 Å². The Morgan fingerprint density at radius 2 is 1.14 bits per heavy atom. The first kappa shape index (κ1) is 19.5. The van der Waals surface area contributed by atoms with E-state index in [1.165, 1.54) is 23.3 Å². The van der Waals surface area contributed by atoms with Crippen molar-refractivity contribution in [2.45, 2.75) is 20.7 Å². The topological polar surface area (TPSA) is 0 Å². The van der Waals surface area contributed by atoms with Crippen LogP contribution in [0.4, 0.5) is 8.78 Å². The van der Waals surface area contributed by atoms with E-state index in [0.29, 0.717) is 11.0 Å². The van der Waals surface area contributed by atoms with Gasteiger partial charge < -0.3 is 0 Å². The second kappa shape index (κ2) is 8.60. The second-order valence-corrected chi connectivity index (χ2v) is 6.52. The van der Waals surface area contributed by atoms with Crippen molar-refractivity contribution in [3.8, 4) is 23.7 Å². The van der Waals surface area contributed by atoms with Gasteiger partial charge in [0.15, 0.2) is 0 Å². The fourth-order valence-corrected chi connectivity index (χ4v) is 2.61. The molecule has 1 radical (unpaired) electrons. The molecule has 0 spiro atoms. The molecule has 0 aromatic heterocycles. The molecule has 3 rings (SSSR count). The van der Waals surface area contributed by atoms with E-state index in [2.05, 4.69) is 49.7 Å². The van der Waals surface area contributed by atoms with Gasteiger partial charge in [-0.1, -0.05) is 42.0 Å². The summed E-state index contributed by atoms with van der Waals surface area (Å²) in [7, 11) is 1.64. The fraction of sp³-hybridized carbons (Fsp3) is 0.120. The Labute approximate surface area is 165 Å². The molecule has 0 heterocycles. The molecule has 0 aliphatic rings. The molecule has 0 amide bonds. The van der Waals surface area contributed by atoms with Crippen molar-refractivity contribution >= 4 is 12.7 Å². The van der Waals surface area contributed by atoms with Crippen LogP contribution in [0.1, 0.15) is 33.4 Å². The molecule has 0 atom stereocenters. The molecule has 0 fully saturated rings. The molecule has 0 aliphatic carbocycles. The SMILES string of the molecule is C[B]c1cc(F)c(C#Cc2ccc(C#Cc3ccc(C)c(C)c3)cc2)c(F)c1. The minimum Gasteiger partial charge on any atom is -0.206 e. The van der Waals surface area contributed by atoms with E-state index in [9.17, 15) is 8.78 Å². The van der Waals surface area contributed by atoms with E-state index in [0.717, 1.165) is 11.1 Å². The fourth-order valence-electron chi connectivity index (χ4n) is 2.61. The van der Waals surface area contributed by atoms with Crippen molar-refractivity contribution in [2.75, 3.05) is 0 Å². The smallest absolute Gasteiger partial charge is 0.148 e. The Bertz CT molecular complexity index is 1110. The van der Waals surface area contributed by atoms with Crippen LogP contribution in [0, 0.1) is 49.2 Å². The maximum atomic E-state index is 14.0. The van der Waals surface area contributed by atoms with E-state index in [-0.39, 0.29) is 5.56 Å². The Kier molecular flexibility index (Phi) is 5.98. The number of aryl methyl sites for hydroxylation is 2. The van der Waals surface area contributed by atoms with Crippen LogP contribution in [0.2, 0.25) is 6.82 Å². The number of hydrogen-bond donors (Lipinski definition) is 0. The van der Waals surface area contributed by atoms with Crippen LogP contribution in [-0.2, 0) is 0 Å². The van der Waals surface area contributed by atoms with E-state index in [1.807, 2.05) is 18.2 Å². The molecule has 3 aromatic rings. The first-order valence-corrected chi connectivity index (χ1v) is 8.96. The molecule has 0 saturated carbocycles. The van der Waals surface area contributed by atoms with Crippen molar-refractivity contribution in [3.05, 3.63) is 99.6 Å². The van der Waals surface area contributed by atoms with Gasteiger partial charge in [-0.25, -0.2) is 8.78 Å². The third-order valence-electron chi connectivity index (χ3n) is 4.47. The molecule has 0 nitrogen and oxygen atoms in total. The third kappa shape index (κ3) is 4.70. The van der Waals surface area contributed by atoms with Crippen molar-refractivity contribution in [1.82, 2.24) is 0 Å². The molecule has 0 unspecified atom stereocenters. The summed E-state index contributed by atoms with van der Waals surface area (Å²) in [5.41, 5.74) is 5.21. The monoisotopic (exact) mass is 367 g/mol. The number of halogens is 2. The van der Waals surface area contributed by atoms with Gasteiger partial charge in [0, 0.05) is 16.7 Å². The quantitative estimate of drug-likeness (QED) is 0.430. The summed E-state index contributed by atoms with van der Waals surface area (Å²) >= 11 is 0. The van der Waals surface area contributed by atoms with E-state index < -0.39 is 11.6 Å². The molecular formula is C25H18BF2. The maximum absolute atomic E-state index is 14.0. The van der Waals surface area contributed by atoms with Crippen LogP contribution < -0.4 is 5.46 Å². The lowest BCUT2D eigenvalue weighted by atomic mass is 9.73. The minimum absolute atomic E-state index is 0.218. The van der Waals surface area contributed by atoms with Gasteiger partial charge in [-0.3, -0.25) is 0 Å². The molecule has 0 aliphatic heterocycles. The summed E-state index contributed by atoms with van der Waals surface area (Å²) in [5, 5.41) is 0. The molecule has 0 N–H and O–H groups in total. The number of rotatable bonds is 1. The van der Waals surface area contributed by atoms with Gasteiger partial charge in [0.25, 0.3) is 0 Å². The largest absolute Gasteiger partial charge is 0.206 e. The molecule has 0 saturated heterocycles. The summed E-state index contributed by atoms with van der Waals surface area (Å²) in [6.07, 6.45) is 0.